The van der Waals surface area contributed by atoms with E-state index < -0.39 is 10.4 Å². The van der Waals surface area contributed by atoms with Crippen molar-refractivity contribution in [3.63, 3.8) is 0 Å². The number of anilines is 1. The quantitative estimate of drug-likeness (QED) is 0.343. The summed E-state index contributed by atoms with van der Waals surface area (Å²) in [6.07, 6.45) is 4.34. The van der Waals surface area contributed by atoms with Crippen LogP contribution in [0.3, 0.4) is 0 Å². The molecule has 5 nitrogen and oxygen atoms in total. The lowest BCUT2D eigenvalue weighted by molar-refractivity contribution is 0.413. The molecule has 1 unspecified atom stereocenters. The van der Waals surface area contributed by atoms with Crippen molar-refractivity contribution < 1.29 is 13.5 Å². The van der Waals surface area contributed by atoms with E-state index in [0.29, 0.717) is 4.90 Å². The average Bonchev–Trinajstić information content (AvgIpc) is 3.01. The van der Waals surface area contributed by atoms with Crippen molar-refractivity contribution in [2.75, 3.05) is 12.8 Å². The number of rotatable bonds is 6. The minimum absolute atomic E-state index is 0.251. The van der Waals surface area contributed by atoms with Gasteiger partial charge >= 0.3 is 10.4 Å². The molecular formula is C21H22IN2O3S+. The van der Waals surface area contributed by atoms with Crippen LogP contribution in [0.25, 0.3) is 11.6 Å². The summed E-state index contributed by atoms with van der Waals surface area (Å²) >= 11 is 2.14. The van der Waals surface area contributed by atoms with Crippen LogP contribution in [0.15, 0.2) is 65.7 Å². The lowest BCUT2D eigenvalue weighted by Crippen LogP contribution is -2.21. The van der Waals surface area contributed by atoms with Gasteiger partial charge in [0.1, 0.15) is 5.75 Å². The fourth-order valence-electron chi connectivity index (χ4n) is 3.00. The molecule has 0 aliphatic heterocycles. The fraction of sp³-hybridized carbons (Fsp3) is 0.143. The van der Waals surface area contributed by atoms with Gasteiger partial charge in [0.05, 0.1) is 13.3 Å². The van der Waals surface area contributed by atoms with Gasteiger partial charge in [-0.25, -0.2) is 0 Å². The number of nitrogens with zero attached hydrogens (tertiary/aromatic N) is 1. The Kier molecular flexibility index (Phi) is 6.26. The molecule has 1 atom stereocenters. The molecule has 0 radical (unpaired) electrons. The summed E-state index contributed by atoms with van der Waals surface area (Å²) in [4.78, 5) is 0.309. The number of ether oxygens (including phenoxy) is 1. The van der Waals surface area contributed by atoms with Crippen molar-refractivity contribution in [2.24, 2.45) is 0 Å². The molecule has 0 aliphatic carbocycles. The Morgan fingerprint density at radius 3 is 2.50 bits per heavy atom. The van der Waals surface area contributed by atoms with Crippen molar-refractivity contribution in [1.29, 1.82) is 0 Å². The van der Waals surface area contributed by atoms with Crippen LogP contribution < -0.4 is 10.5 Å². The van der Waals surface area contributed by atoms with Crippen molar-refractivity contribution in [2.45, 2.75) is 18.2 Å². The van der Waals surface area contributed by atoms with E-state index in [0.717, 1.165) is 32.4 Å². The van der Waals surface area contributed by atoms with Gasteiger partial charge in [0.2, 0.25) is 4.90 Å². The standard InChI is InChI=1S/C21H21IN2O3S/c1-3-15(17-11-7-8-12-20(17)27-2)13-18-19(22)14-24(21(18)23)28(25,26)16-9-5-4-6-10-16/h4-14H,3,23H2,1-2H3/p+1/b15-13+. The first-order valence-electron chi connectivity index (χ1n) is 8.72. The Hall–Kier alpha value is -2.10. The summed E-state index contributed by atoms with van der Waals surface area (Å²) in [6, 6.07) is 16.3. The zero-order valence-electron chi connectivity index (χ0n) is 15.6. The highest BCUT2D eigenvalue weighted by Crippen LogP contribution is 2.35. The molecule has 28 heavy (non-hydrogen) atoms. The zero-order valence-corrected chi connectivity index (χ0v) is 18.6. The van der Waals surface area contributed by atoms with Crippen molar-refractivity contribution in [3.8, 4) is 5.75 Å². The highest BCUT2D eigenvalue weighted by atomic mass is 127. The molecule has 0 saturated carbocycles. The van der Waals surface area contributed by atoms with Crippen LogP contribution in [0.1, 0.15) is 24.5 Å². The predicted octanol–water partition coefficient (Wildman–Crippen LogP) is 5.43. The molecule has 146 valence electrons. The first-order valence-corrected chi connectivity index (χ1v) is 11.3. The molecule has 0 saturated heterocycles. The second-order valence-corrected chi connectivity index (χ2v) is 9.16. The summed E-state index contributed by atoms with van der Waals surface area (Å²) in [5, 5.41) is 0. The zero-order chi connectivity index (χ0) is 20.3. The Balaban J connectivity index is 2.12. The Morgan fingerprint density at radius 2 is 1.86 bits per heavy atom. The summed E-state index contributed by atoms with van der Waals surface area (Å²) < 4.78 is 31.4. The smallest absolute Gasteiger partial charge is 0.353 e. The first-order chi connectivity index (χ1) is 13.4. The monoisotopic (exact) mass is 509 g/mol. The summed E-state index contributed by atoms with van der Waals surface area (Å²) in [6.45, 7) is 2.05. The molecule has 7 heteroatoms. The van der Waals surface area contributed by atoms with E-state index in [9.17, 15) is 8.76 Å². The third-order valence-corrected chi connectivity index (χ3v) is 7.05. The number of hydrogen-bond donors (Lipinski definition) is 2. The number of nitrogen functional groups attached to an aromatic ring is 1. The minimum atomic E-state index is -3.51. The van der Waals surface area contributed by atoms with Gasteiger partial charge < -0.3 is 10.5 Å². The van der Waals surface area contributed by atoms with Gasteiger partial charge in [0.25, 0.3) is 0 Å². The average molecular weight is 509 g/mol. The Bertz CT molecular complexity index is 1060. The summed E-state index contributed by atoms with van der Waals surface area (Å²) in [7, 11) is -1.87. The van der Waals surface area contributed by atoms with E-state index in [1.807, 2.05) is 30.3 Å². The second kappa shape index (κ2) is 8.50. The Labute approximate surface area is 179 Å². The molecule has 3 aromatic rings. The largest absolute Gasteiger partial charge is 0.496 e. The van der Waals surface area contributed by atoms with E-state index in [4.69, 9.17) is 10.5 Å². The van der Waals surface area contributed by atoms with Crippen LogP contribution in [0.2, 0.25) is 0 Å². The maximum Gasteiger partial charge on any atom is 0.353 e. The number of para-hydroxylation sites is 1. The van der Waals surface area contributed by atoms with Gasteiger partial charge in [-0.3, -0.25) is 0 Å². The SMILES string of the molecule is CC/C(=C\c1c(I)cn([S+](=O)(O)c2ccccc2)c1N)c1ccccc1OC. The van der Waals surface area contributed by atoms with Crippen molar-refractivity contribution >= 4 is 50.5 Å². The van der Waals surface area contributed by atoms with Crippen LogP contribution in [-0.2, 0) is 14.6 Å². The van der Waals surface area contributed by atoms with Gasteiger partial charge in [0.15, 0.2) is 5.82 Å². The van der Waals surface area contributed by atoms with Crippen LogP contribution >= 0.6 is 22.6 Å². The number of nitrogens with two attached hydrogens (primary N) is 1. The number of halogens is 1. The number of hydrogen-bond acceptors (Lipinski definition) is 3. The van der Waals surface area contributed by atoms with E-state index in [2.05, 4.69) is 29.5 Å². The van der Waals surface area contributed by atoms with E-state index in [-0.39, 0.29) is 5.82 Å². The highest BCUT2D eigenvalue weighted by molar-refractivity contribution is 14.1. The number of methoxy groups -OCH3 is 1. The van der Waals surface area contributed by atoms with Gasteiger partial charge in [-0.05, 0) is 63.1 Å². The molecule has 2 aromatic carbocycles. The van der Waals surface area contributed by atoms with Gasteiger partial charge in [-0.15, -0.1) is 3.97 Å². The molecule has 0 spiro atoms. The lowest BCUT2D eigenvalue weighted by Gasteiger charge is -2.11. The second-order valence-electron chi connectivity index (χ2n) is 6.13. The maximum atomic E-state index is 13.1. The van der Waals surface area contributed by atoms with Crippen molar-refractivity contribution in [1.82, 2.24) is 3.97 Å². The van der Waals surface area contributed by atoms with Crippen LogP contribution in [0, 0.1) is 3.57 Å². The molecule has 0 amide bonds. The molecular weight excluding hydrogens is 487 g/mol. The minimum Gasteiger partial charge on any atom is -0.496 e. The molecule has 0 bridgehead atoms. The van der Waals surface area contributed by atoms with Gasteiger partial charge in [-0.2, -0.15) is 4.55 Å². The van der Waals surface area contributed by atoms with Gasteiger partial charge in [0, 0.05) is 14.7 Å². The summed E-state index contributed by atoms with van der Waals surface area (Å²) in [5.74, 6) is 1.03. The Morgan fingerprint density at radius 1 is 1.21 bits per heavy atom. The molecule has 3 N–H and O–H groups in total. The number of aromatic nitrogens is 1. The molecule has 1 aromatic heterocycles. The topological polar surface area (TPSA) is 77.5 Å². The van der Waals surface area contributed by atoms with Crippen LogP contribution in [-0.4, -0.2) is 15.6 Å². The van der Waals surface area contributed by atoms with Crippen LogP contribution in [0.5, 0.6) is 5.75 Å². The van der Waals surface area contributed by atoms with Gasteiger partial charge in [-0.1, -0.05) is 43.3 Å². The first kappa shape index (κ1) is 20.6. The fourth-order valence-corrected chi connectivity index (χ4v) is 5.25. The number of allylic oxidation sites excluding steroid dienone is 1. The maximum absolute atomic E-state index is 13.1. The normalized spacial score (nSPS) is 13.9. The molecule has 1 heterocycles. The molecule has 0 aliphatic rings. The van der Waals surface area contributed by atoms with E-state index in [1.54, 1.807) is 43.6 Å². The number of benzene rings is 2. The molecule has 3 rings (SSSR count). The predicted molar refractivity (Wildman–Crippen MR) is 124 cm³/mol. The molecule has 0 fully saturated rings. The van der Waals surface area contributed by atoms with E-state index in [1.165, 1.54) is 3.97 Å². The third-order valence-electron chi connectivity index (χ3n) is 4.47. The highest BCUT2D eigenvalue weighted by Gasteiger charge is 2.35. The summed E-state index contributed by atoms with van der Waals surface area (Å²) in [5.41, 5.74) is 9.05. The van der Waals surface area contributed by atoms with E-state index >= 15 is 0 Å². The lowest BCUT2D eigenvalue weighted by atomic mass is 10.0. The van der Waals surface area contributed by atoms with Crippen molar-refractivity contribution in [3.05, 3.63) is 75.5 Å². The third kappa shape index (κ3) is 3.87. The van der Waals surface area contributed by atoms with Crippen LogP contribution in [0.4, 0.5) is 5.82 Å².